The number of likely N-dealkylation sites (N-methyl/N-ethyl adjacent to an activating group) is 1. The van der Waals surface area contributed by atoms with Gasteiger partial charge in [-0.2, -0.15) is 0 Å². The minimum Gasteiger partial charge on any atom is -0.756 e. The lowest BCUT2D eigenvalue weighted by Crippen LogP contribution is -2.37. The molecule has 0 fully saturated rings. The van der Waals surface area contributed by atoms with Crippen molar-refractivity contribution in [1.82, 2.24) is 0 Å². The van der Waals surface area contributed by atoms with Gasteiger partial charge in [-0.25, -0.2) is 0 Å². The van der Waals surface area contributed by atoms with Crippen LogP contribution in [0.4, 0.5) is 0 Å². The molecule has 0 aromatic carbocycles. The van der Waals surface area contributed by atoms with Gasteiger partial charge in [0.1, 0.15) is 19.8 Å². The fraction of sp³-hybridized carbons (Fsp3) is 0.964. The fourth-order valence-electron chi connectivity index (χ4n) is 8.66. The van der Waals surface area contributed by atoms with Crippen LogP contribution >= 0.6 is 7.82 Å². The van der Waals surface area contributed by atoms with Gasteiger partial charge in [0.15, 0.2) is 6.10 Å². The van der Waals surface area contributed by atoms with E-state index in [4.69, 9.17) is 18.5 Å². The zero-order valence-electron chi connectivity index (χ0n) is 44.7. The molecule has 2 unspecified atom stereocenters. The summed E-state index contributed by atoms with van der Waals surface area (Å²) in [4.78, 5) is 37.8. The molecule has 0 aliphatic rings. The summed E-state index contributed by atoms with van der Waals surface area (Å²) in [7, 11) is 1.19. The molecule has 0 aliphatic heterocycles. The molecule has 0 saturated heterocycles. The van der Waals surface area contributed by atoms with Crippen molar-refractivity contribution in [2.45, 2.75) is 302 Å². The molecule has 0 bridgehead atoms. The molecule has 0 aliphatic carbocycles. The van der Waals surface area contributed by atoms with Crippen LogP contribution in [0, 0.1) is 0 Å². The van der Waals surface area contributed by atoms with Crippen LogP contribution in [0.25, 0.3) is 0 Å². The van der Waals surface area contributed by atoms with Gasteiger partial charge < -0.3 is 27.9 Å². The van der Waals surface area contributed by atoms with Crippen LogP contribution in [0.15, 0.2) is 0 Å². The van der Waals surface area contributed by atoms with Crippen LogP contribution in [0.5, 0.6) is 0 Å². The molecular weight excluding hydrogens is 846 g/mol. The number of ether oxygens (including phenoxy) is 2. The quantitative estimate of drug-likeness (QED) is 0.0256. The smallest absolute Gasteiger partial charge is 0.306 e. The highest BCUT2D eigenvalue weighted by Gasteiger charge is 2.22. The Bertz CT molecular complexity index is 1080. The molecule has 0 spiro atoms. The Kier molecular flexibility index (Phi) is 48.3. The summed E-state index contributed by atoms with van der Waals surface area (Å²) in [6.45, 7) is 4.31. The number of quaternary nitrogens is 1. The van der Waals surface area contributed by atoms with Crippen LogP contribution in [0.2, 0.25) is 0 Å². The number of carbonyl (C=O) groups is 2. The second-order valence-electron chi connectivity index (χ2n) is 21.0. The molecule has 0 rings (SSSR count). The van der Waals surface area contributed by atoms with Gasteiger partial charge in [-0.1, -0.05) is 271 Å². The lowest BCUT2D eigenvalue weighted by atomic mass is 10.0. The van der Waals surface area contributed by atoms with Gasteiger partial charge in [0.05, 0.1) is 27.7 Å². The molecule has 2 atom stereocenters. The highest BCUT2D eigenvalue weighted by Crippen LogP contribution is 2.38. The maximum atomic E-state index is 12.8. The first-order chi connectivity index (χ1) is 32.0. The fourth-order valence-corrected chi connectivity index (χ4v) is 9.39. The molecule has 0 aromatic heterocycles. The Balaban J connectivity index is 4.10. The highest BCUT2D eigenvalue weighted by molar-refractivity contribution is 7.45. The Hall–Kier alpha value is -0.990. The molecule has 0 radical (unpaired) electrons. The Morgan fingerprint density at radius 1 is 0.409 bits per heavy atom. The first kappa shape index (κ1) is 65.0. The van der Waals surface area contributed by atoms with E-state index in [1.165, 1.54) is 231 Å². The summed E-state index contributed by atoms with van der Waals surface area (Å²) in [5.74, 6) is -0.810. The van der Waals surface area contributed by atoms with Crippen molar-refractivity contribution in [3.63, 3.8) is 0 Å². The van der Waals surface area contributed by atoms with Crippen molar-refractivity contribution in [3.8, 4) is 0 Å². The third-order valence-electron chi connectivity index (χ3n) is 13.1. The normalized spacial score (nSPS) is 13.2. The SMILES string of the molecule is CCCCCCCCCCCCCCCCCCCCCCCCCCC(=O)OC(COC(=O)CCCCCCCCCCCCCCCCCCCC)COP(=O)([O-])OCC[N+](C)(C)C. The molecule has 394 valence electrons. The standard InChI is InChI=1S/C56H112NO8P/c1-6-8-10-12-14-16-18-20-22-24-26-27-28-29-30-31-33-35-37-39-41-43-45-47-49-56(59)65-54(53-64-66(60,61)63-51-50-57(3,4)5)52-62-55(58)48-46-44-42-40-38-36-34-32-25-23-21-19-17-15-13-11-9-7-2/h54H,6-53H2,1-5H3. The molecule has 10 heteroatoms. The van der Waals surface area contributed by atoms with Crippen LogP contribution in [0.1, 0.15) is 296 Å². The van der Waals surface area contributed by atoms with Gasteiger partial charge >= 0.3 is 11.9 Å². The topological polar surface area (TPSA) is 111 Å². The molecule has 66 heavy (non-hydrogen) atoms. The zero-order valence-corrected chi connectivity index (χ0v) is 45.6. The molecule has 0 saturated carbocycles. The molecular formula is C56H112NO8P. The van der Waals surface area contributed by atoms with Crippen molar-refractivity contribution in [2.75, 3.05) is 47.5 Å². The number of phosphoric acid groups is 1. The number of hydrogen-bond acceptors (Lipinski definition) is 8. The number of phosphoric ester groups is 1. The summed E-state index contributed by atoms with van der Waals surface area (Å²) < 4.78 is 34.2. The minimum absolute atomic E-state index is 0.0251. The van der Waals surface area contributed by atoms with Crippen LogP contribution in [-0.2, 0) is 32.7 Å². The highest BCUT2D eigenvalue weighted by atomic mass is 31.2. The van der Waals surface area contributed by atoms with E-state index in [-0.39, 0.29) is 32.0 Å². The van der Waals surface area contributed by atoms with E-state index in [2.05, 4.69) is 13.8 Å². The van der Waals surface area contributed by atoms with Gasteiger partial charge in [-0.15, -0.1) is 0 Å². The van der Waals surface area contributed by atoms with E-state index in [0.29, 0.717) is 17.4 Å². The van der Waals surface area contributed by atoms with Gasteiger partial charge in [-0.3, -0.25) is 14.2 Å². The number of unbranched alkanes of at least 4 members (excludes halogenated alkanes) is 40. The van der Waals surface area contributed by atoms with Crippen LogP contribution < -0.4 is 4.89 Å². The number of nitrogens with zero attached hydrogens (tertiary/aromatic N) is 1. The molecule has 0 amide bonds. The molecule has 0 N–H and O–H groups in total. The summed E-state index contributed by atoms with van der Waals surface area (Å²) in [6.07, 6.45) is 54.3. The zero-order chi connectivity index (χ0) is 48.5. The summed E-state index contributed by atoms with van der Waals surface area (Å²) >= 11 is 0. The van der Waals surface area contributed by atoms with Gasteiger partial charge in [0, 0.05) is 12.8 Å². The Morgan fingerprint density at radius 3 is 0.970 bits per heavy atom. The molecule has 9 nitrogen and oxygen atoms in total. The molecule has 0 heterocycles. The average molecular weight is 958 g/mol. The number of esters is 2. The lowest BCUT2D eigenvalue weighted by Gasteiger charge is -2.28. The largest absolute Gasteiger partial charge is 0.756 e. The van der Waals surface area contributed by atoms with Gasteiger partial charge in [0.25, 0.3) is 7.82 Å². The van der Waals surface area contributed by atoms with E-state index in [9.17, 15) is 19.0 Å². The maximum absolute atomic E-state index is 12.8. The molecule has 0 aromatic rings. The average Bonchev–Trinajstić information content (AvgIpc) is 3.27. The lowest BCUT2D eigenvalue weighted by molar-refractivity contribution is -0.870. The van der Waals surface area contributed by atoms with Gasteiger partial charge in [-0.05, 0) is 12.8 Å². The predicted octanol–water partition coefficient (Wildman–Crippen LogP) is 16.9. The van der Waals surface area contributed by atoms with Crippen molar-refractivity contribution in [3.05, 3.63) is 0 Å². The maximum Gasteiger partial charge on any atom is 0.306 e. The van der Waals surface area contributed by atoms with Crippen molar-refractivity contribution in [1.29, 1.82) is 0 Å². The number of hydrogen-bond donors (Lipinski definition) is 0. The number of rotatable bonds is 54. The van der Waals surface area contributed by atoms with Crippen molar-refractivity contribution < 1.29 is 42.1 Å². The summed E-state index contributed by atoms with van der Waals surface area (Å²) in [5.41, 5.74) is 0. The predicted molar refractivity (Wildman–Crippen MR) is 278 cm³/mol. The second-order valence-corrected chi connectivity index (χ2v) is 22.4. The first-order valence-corrected chi connectivity index (χ1v) is 30.2. The van der Waals surface area contributed by atoms with Crippen LogP contribution in [-0.4, -0.2) is 70.0 Å². The van der Waals surface area contributed by atoms with E-state index in [1.807, 2.05) is 21.1 Å². The van der Waals surface area contributed by atoms with E-state index < -0.39 is 26.5 Å². The Morgan fingerprint density at radius 2 is 0.682 bits per heavy atom. The third-order valence-corrected chi connectivity index (χ3v) is 14.1. The minimum atomic E-state index is -4.63. The third kappa shape index (κ3) is 52.4. The monoisotopic (exact) mass is 958 g/mol. The number of carbonyl (C=O) groups excluding carboxylic acids is 2. The van der Waals surface area contributed by atoms with Crippen molar-refractivity contribution in [2.24, 2.45) is 0 Å². The van der Waals surface area contributed by atoms with E-state index >= 15 is 0 Å². The first-order valence-electron chi connectivity index (χ1n) is 28.7. The van der Waals surface area contributed by atoms with Crippen LogP contribution in [0.3, 0.4) is 0 Å². The van der Waals surface area contributed by atoms with Gasteiger partial charge in [0.2, 0.25) is 0 Å². The van der Waals surface area contributed by atoms with E-state index in [0.717, 1.165) is 32.1 Å². The summed E-state index contributed by atoms with van der Waals surface area (Å²) in [6, 6.07) is 0. The van der Waals surface area contributed by atoms with E-state index in [1.54, 1.807) is 0 Å². The summed E-state index contributed by atoms with van der Waals surface area (Å²) in [5, 5.41) is 0. The second kappa shape index (κ2) is 49.0. The van der Waals surface area contributed by atoms with Crippen molar-refractivity contribution >= 4 is 19.8 Å². The Labute approximate surface area is 410 Å².